The third-order valence-electron chi connectivity index (χ3n) is 6.73. The second-order valence-electron chi connectivity index (χ2n) is 8.61. The average molecular weight is 438 g/mol. The maximum atomic E-state index is 13.5. The first-order chi connectivity index (χ1) is 16.0. The molecule has 4 heterocycles. The van der Waals surface area contributed by atoms with E-state index in [2.05, 4.69) is 45.8 Å². The Labute approximate surface area is 189 Å². The van der Waals surface area contributed by atoms with E-state index in [-0.39, 0.29) is 17.9 Å². The number of aromatic amines is 2. The van der Waals surface area contributed by atoms with Gasteiger partial charge < -0.3 is 14.8 Å². The minimum absolute atomic E-state index is 0.000688. The van der Waals surface area contributed by atoms with Crippen molar-refractivity contribution in [1.29, 1.82) is 0 Å². The number of carbonyl (C=O) groups is 2. The molecule has 2 N–H and O–H groups in total. The van der Waals surface area contributed by atoms with Crippen LogP contribution in [0, 0.1) is 6.92 Å². The van der Waals surface area contributed by atoms with Crippen molar-refractivity contribution in [3.05, 3.63) is 72.2 Å². The molecule has 0 saturated carbocycles. The van der Waals surface area contributed by atoms with Crippen molar-refractivity contribution in [3.63, 3.8) is 0 Å². The first kappa shape index (κ1) is 19.5. The van der Waals surface area contributed by atoms with Crippen LogP contribution in [0.5, 0.6) is 0 Å². The Balaban J connectivity index is 1.46. The maximum Gasteiger partial charge on any atom is 0.254 e. The second-order valence-corrected chi connectivity index (χ2v) is 8.61. The van der Waals surface area contributed by atoms with Crippen LogP contribution in [-0.2, 0) is 11.3 Å². The zero-order valence-corrected chi connectivity index (χ0v) is 18.1. The van der Waals surface area contributed by atoms with Crippen LogP contribution < -0.4 is 0 Å². The number of hydrogen-bond acceptors (Lipinski definition) is 4. The van der Waals surface area contributed by atoms with Gasteiger partial charge in [0.25, 0.3) is 5.91 Å². The third-order valence-corrected chi connectivity index (χ3v) is 6.73. The maximum absolute atomic E-state index is 13.5. The Morgan fingerprint density at radius 2 is 2.06 bits per heavy atom. The van der Waals surface area contributed by atoms with Crippen molar-refractivity contribution in [1.82, 2.24) is 30.0 Å². The van der Waals surface area contributed by atoms with Crippen molar-refractivity contribution in [2.75, 3.05) is 13.1 Å². The van der Waals surface area contributed by atoms with E-state index in [1.165, 1.54) is 6.08 Å². The summed E-state index contributed by atoms with van der Waals surface area (Å²) in [7, 11) is 0. The van der Waals surface area contributed by atoms with E-state index in [0.29, 0.717) is 25.2 Å². The van der Waals surface area contributed by atoms with E-state index >= 15 is 0 Å². The van der Waals surface area contributed by atoms with Gasteiger partial charge in [-0.2, -0.15) is 5.10 Å². The van der Waals surface area contributed by atoms with Gasteiger partial charge in [0.05, 0.1) is 17.8 Å². The van der Waals surface area contributed by atoms with Gasteiger partial charge >= 0.3 is 0 Å². The van der Waals surface area contributed by atoms with Gasteiger partial charge in [0.1, 0.15) is 5.82 Å². The molecule has 0 unspecified atom stereocenters. The summed E-state index contributed by atoms with van der Waals surface area (Å²) in [6, 6.07) is 8.17. The molecule has 2 aromatic carbocycles. The molecule has 0 aliphatic carbocycles. The number of carbonyl (C=O) groups excluding carboxylic acids is 2. The van der Waals surface area contributed by atoms with Crippen molar-refractivity contribution in [3.8, 4) is 22.5 Å². The molecule has 0 radical (unpaired) electrons. The zero-order valence-electron chi connectivity index (χ0n) is 18.1. The third kappa shape index (κ3) is 2.91. The summed E-state index contributed by atoms with van der Waals surface area (Å²) >= 11 is 0. The molecule has 2 amide bonds. The number of likely N-dealkylation sites (tertiary alicyclic amines) is 1. The number of fused-ring (bicyclic) bond motifs is 2. The Bertz CT molecular complexity index is 1430. The topological polar surface area (TPSA) is 98.0 Å². The van der Waals surface area contributed by atoms with E-state index in [4.69, 9.17) is 0 Å². The number of benzene rings is 2. The predicted molar refractivity (Wildman–Crippen MR) is 124 cm³/mol. The van der Waals surface area contributed by atoms with Crippen molar-refractivity contribution in [2.24, 2.45) is 0 Å². The molecule has 4 aromatic rings. The van der Waals surface area contributed by atoms with E-state index < -0.39 is 0 Å². The minimum Gasteiger partial charge on any atom is -0.345 e. The highest BCUT2D eigenvalue weighted by Crippen LogP contribution is 2.40. The minimum atomic E-state index is -0.0994. The zero-order chi connectivity index (χ0) is 22.7. The lowest BCUT2D eigenvalue weighted by molar-refractivity contribution is -0.132. The molecule has 1 fully saturated rings. The Kier molecular flexibility index (Phi) is 4.23. The van der Waals surface area contributed by atoms with Crippen LogP contribution in [0.2, 0.25) is 0 Å². The molecule has 33 heavy (non-hydrogen) atoms. The van der Waals surface area contributed by atoms with Crippen molar-refractivity contribution in [2.45, 2.75) is 19.5 Å². The summed E-state index contributed by atoms with van der Waals surface area (Å²) in [5, 5.41) is 8.26. The summed E-state index contributed by atoms with van der Waals surface area (Å²) in [6.07, 6.45) is 6.65. The highest BCUT2D eigenvalue weighted by Gasteiger charge is 2.41. The number of amides is 2. The van der Waals surface area contributed by atoms with Crippen LogP contribution in [0.3, 0.4) is 0 Å². The Morgan fingerprint density at radius 3 is 2.82 bits per heavy atom. The monoisotopic (exact) mass is 438 g/mol. The Morgan fingerprint density at radius 1 is 1.24 bits per heavy atom. The molecular weight excluding hydrogens is 416 g/mol. The summed E-state index contributed by atoms with van der Waals surface area (Å²) in [5.41, 5.74) is 6.63. The lowest BCUT2D eigenvalue weighted by Crippen LogP contribution is -2.60. The molecule has 164 valence electrons. The van der Waals surface area contributed by atoms with Gasteiger partial charge in [-0.05, 0) is 53.5 Å². The van der Waals surface area contributed by atoms with Crippen LogP contribution >= 0.6 is 0 Å². The number of aromatic nitrogens is 4. The second kappa shape index (κ2) is 7.16. The van der Waals surface area contributed by atoms with Gasteiger partial charge in [-0.1, -0.05) is 12.6 Å². The number of nitrogens with zero attached hydrogens (tertiary/aromatic N) is 4. The largest absolute Gasteiger partial charge is 0.345 e. The lowest BCUT2D eigenvalue weighted by Gasteiger charge is -2.43. The van der Waals surface area contributed by atoms with Gasteiger partial charge in [-0.25, -0.2) is 4.98 Å². The molecule has 2 aromatic heterocycles. The summed E-state index contributed by atoms with van der Waals surface area (Å²) in [6.45, 7) is 7.17. The molecule has 2 aliphatic heterocycles. The fourth-order valence-corrected chi connectivity index (χ4v) is 4.96. The fourth-order valence-electron chi connectivity index (χ4n) is 4.96. The van der Waals surface area contributed by atoms with Gasteiger partial charge in [-0.15, -0.1) is 0 Å². The molecule has 0 atom stereocenters. The molecule has 0 spiro atoms. The molecule has 6 rings (SSSR count). The molecule has 8 nitrogen and oxygen atoms in total. The van der Waals surface area contributed by atoms with Crippen LogP contribution in [0.4, 0.5) is 0 Å². The van der Waals surface area contributed by atoms with E-state index in [0.717, 1.165) is 44.5 Å². The fraction of sp³-hybridized carbons (Fsp3) is 0.200. The van der Waals surface area contributed by atoms with Crippen LogP contribution in [0.15, 0.2) is 55.5 Å². The standard InChI is InChI=1S/C25H22N6O2/c1-3-22(32)30-11-16(12-30)31-13-20-17(24-26-6-7-27-24)8-15(9-18(20)25(31)33)23-14(2)4-5-21-19(23)10-28-29-21/h3-10,16H,1,11-13H2,2H3,(H,26,27)(H,28,29). The summed E-state index contributed by atoms with van der Waals surface area (Å²) in [4.78, 5) is 36.7. The van der Waals surface area contributed by atoms with E-state index in [1.807, 2.05) is 23.2 Å². The first-order valence-electron chi connectivity index (χ1n) is 10.9. The van der Waals surface area contributed by atoms with Crippen LogP contribution in [0.25, 0.3) is 33.4 Å². The average Bonchev–Trinajstić information content (AvgIpc) is 3.53. The van der Waals surface area contributed by atoms with Gasteiger partial charge in [0.2, 0.25) is 5.91 Å². The van der Waals surface area contributed by atoms with Gasteiger partial charge in [-0.3, -0.25) is 14.7 Å². The molecule has 0 bridgehead atoms. The van der Waals surface area contributed by atoms with Crippen molar-refractivity contribution < 1.29 is 9.59 Å². The number of nitrogens with one attached hydrogen (secondary N) is 2. The number of imidazole rings is 1. The summed E-state index contributed by atoms with van der Waals surface area (Å²) in [5.74, 6) is 0.627. The SMILES string of the molecule is C=CC(=O)N1CC(N2Cc3c(cc(-c4c(C)ccc5[nH]ncc45)cc3-c3ncc[nH]3)C2=O)C1. The highest BCUT2D eigenvalue weighted by molar-refractivity contribution is 6.04. The number of rotatable bonds is 4. The number of H-pyrrole nitrogens is 2. The first-order valence-corrected chi connectivity index (χ1v) is 10.9. The molecule has 8 heteroatoms. The molecular formula is C25H22N6O2. The smallest absolute Gasteiger partial charge is 0.254 e. The van der Waals surface area contributed by atoms with Gasteiger partial charge in [0, 0.05) is 48.5 Å². The predicted octanol–water partition coefficient (Wildman–Crippen LogP) is 3.28. The van der Waals surface area contributed by atoms with Gasteiger partial charge in [0.15, 0.2) is 0 Å². The Hall–Kier alpha value is -4.20. The molecule has 1 saturated heterocycles. The van der Waals surface area contributed by atoms with Crippen molar-refractivity contribution >= 4 is 22.7 Å². The van der Waals surface area contributed by atoms with E-state index in [1.54, 1.807) is 17.3 Å². The summed E-state index contributed by atoms with van der Waals surface area (Å²) < 4.78 is 0. The number of aryl methyl sites for hydroxylation is 1. The highest BCUT2D eigenvalue weighted by atomic mass is 16.2. The van der Waals surface area contributed by atoms with Crippen LogP contribution in [0.1, 0.15) is 21.5 Å². The lowest BCUT2D eigenvalue weighted by atomic mass is 9.91. The van der Waals surface area contributed by atoms with Crippen LogP contribution in [-0.4, -0.2) is 60.9 Å². The number of hydrogen-bond donors (Lipinski definition) is 2. The normalized spacial score (nSPS) is 15.7. The van der Waals surface area contributed by atoms with E-state index in [9.17, 15) is 9.59 Å². The molecule has 2 aliphatic rings. The quantitative estimate of drug-likeness (QED) is 0.478.